The van der Waals surface area contributed by atoms with Crippen LogP contribution >= 0.6 is 0 Å². The molecule has 1 aromatic carbocycles. The summed E-state index contributed by atoms with van der Waals surface area (Å²) in [6.45, 7) is 3.53. The van der Waals surface area contributed by atoms with Gasteiger partial charge in [-0.1, -0.05) is 0 Å². The van der Waals surface area contributed by atoms with Gasteiger partial charge in [-0.15, -0.1) is 0 Å². The zero-order chi connectivity index (χ0) is 17.5. The molecule has 1 N–H and O–H groups in total. The Morgan fingerprint density at radius 2 is 2.32 bits per heavy atom. The SMILES string of the molecule is COc1ccc2c(c1)CCCN2C(=O)NCCCOC[C@@H]1CCCO1. The number of urea groups is 1. The van der Waals surface area contributed by atoms with Gasteiger partial charge in [-0.25, -0.2) is 4.79 Å². The Balaban J connectivity index is 1.40. The minimum Gasteiger partial charge on any atom is -0.497 e. The van der Waals surface area contributed by atoms with Crippen molar-refractivity contribution in [2.45, 2.75) is 38.2 Å². The zero-order valence-corrected chi connectivity index (χ0v) is 15.0. The first-order chi connectivity index (χ1) is 12.3. The lowest BCUT2D eigenvalue weighted by atomic mass is 10.0. The normalized spacial score (nSPS) is 19.6. The number of fused-ring (bicyclic) bond motifs is 1. The van der Waals surface area contributed by atoms with Gasteiger partial charge in [0.2, 0.25) is 0 Å². The first kappa shape index (κ1) is 18.0. The first-order valence-corrected chi connectivity index (χ1v) is 9.19. The number of carbonyl (C=O) groups is 1. The van der Waals surface area contributed by atoms with Crippen molar-refractivity contribution in [1.82, 2.24) is 5.32 Å². The van der Waals surface area contributed by atoms with Crippen LogP contribution in [0.2, 0.25) is 0 Å². The second-order valence-corrected chi connectivity index (χ2v) is 6.55. The van der Waals surface area contributed by atoms with Crippen molar-refractivity contribution in [2.75, 3.05) is 44.9 Å². The Bertz CT molecular complexity index is 573. The van der Waals surface area contributed by atoms with Crippen molar-refractivity contribution < 1.29 is 19.0 Å². The fourth-order valence-corrected chi connectivity index (χ4v) is 3.37. The van der Waals surface area contributed by atoms with Crippen LogP contribution in [0.25, 0.3) is 0 Å². The smallest absolute Gasteiger partial charge is 0.321 e. The number of rotatable bonds is 7. The van der Waals surface area contributed by atoms with Crippen LogP contribution in [0.5, 0.6) is 5.75 Å². The summed E-state index contributed by atoms with van der Waals surface area (Å²) in [5.41, 5.74) is 2.15. The predicted molar refractivity (Wildman–Crippen MR) is 96.5 cm³/mol. The molecular formula is C19H28N2O4. The molecule has 2 heterocycles. The van der Waals surface area contributed by atoms with E-state index in [1.165, 1.54) is 5.56 Å². The molecule has 0 aliphatic carbocycles. The van der Waals surface area contributed by atoms with Crippen molar-refractivity contribution in [2.24, 2.45) is 0 Å². The first-order valence-electron chi connectivity index (χ1n) is 9.19. The molecule has 138 valence electrons. The molecule has 0 radical (unpaired) electrons. The van der Waals surface area contributed by atoms with Gasteiger partial charge in [-0.2, -0.15) is 0 Å². The lowest BCUT2D eigenvalue weighted by Crippen LogP contribution is -2.43. The molecule has 0 bridgehead atoms. The summed E-state index contributed by atoms with van der Waals surface area (Å²) in [6, 6.07) is 5.86. The highest BCUT2D eigenvalue weighted by Crippen LogP contribution is 2.30. The number of nitrogens with zero attached hydrogens (tertiary/aromatic N) is 1. The molecule has 1 saturated heterocycles. The fourth-order valence-electron chi connectivity index (χ4n) is 3.37. The molecule has 1 fully saturated rings. The molecule has 6 heteroatoms. The van der Waals surface area contributed by atoms with Crippen molar-refractivity contribution in [3.8, 4) is 5.75 Å². The standard InChI is InChI=1S/C19H28N2O4/c1-23-16-7-8-18-15(13-16)5-2-10-21(18)19(22)20-9-4-11-24-14-17-6-3-12-25-17/h7-8,13,17H,2-6,9-12,14H2,1H3,(H,20,22)/t17-/m0/s1. The maximum Gasteiger partial charge on any atom is 0.321 e. The van der Waals surface area contributed by atoms with Crippen LogP contribution in [-0.2, 0) is 15.9 Å². The number of nitrogens with one attached hydrogen (secondary N) is 1. The van der Waals surface area contributed by atoms with E-state index in [0.717, 1.165) is 56.7 Å². The van der Waals surface area contributed by atoms with Crippen LogP contribution in [-0.4, -0.2) is 52.2 Å². The van der Waals surface area contributed by atoms with Crippen LogP contribution < -0.4 is 15.0 Å². The maximum atomic E-state index is 12.5. The minimum absolute atomic E-state index is 0.0368. The van der Waals surface area contributed by atoms with Crippen LogP contribution in [0.1, 0.15) is 31.2 Å². The molecule has 25 heavy (non-hydrogen) atoms. The third kappa shape index (κ3) is 4.86. The van der Waals surface area contributed by atoms with Crippen molar-refractivity contribution >= 4 is 11.7 Å². The molecule has 0 spiro atoms. The molecule has 0 saturated carbocycles. The van der Waals surface area contributed by atoms with E-state index in [2.05, 4.69) is 5.32 Å². The molecule has 6 nitrogen and oxygen atoms in total. The topological polar surface area (TPSA) is 60.0 Å². The molecule has 0 unspecified atom stereocenters. The summed E-state index contributed by atoms with van der Waals surface area (Å²) in [5, 5.41) is 2.99. The van der Waals surface area contributed by atoms with E-state index in [1.807, 2.05) is 23.1 Å². The Labute approximate surface area is 149 Å². The van der Waals surface area contributed by atoms with Crippen LogP contribution in [0.3, 0.4) is 0 Å². The molecular weight excluding hydrogens is 320 g/mol. The van der Waals surface area contributed by atoms with E-state index in [-0.39, 0.29) is 12.1 Å². The number of anilines is 1. The van der Waals surface area contributed by atoms with E-state index in [4.69, 9.17) is 14.2 Å². The highest BCUT2D eigenvalue weighted by Gasteiger charge is 2.22. The van der Waals surface area contributed by atoms with Crippen molar-refractivity contribution in [3.05, 3.63) is 23.8 Å². The summed E-state index contributed by atoms with van der Waals surface area (Å²) in [7, 11) is 1.66. The number of ether oxygens (including phenoxy) is 3. The van der Waals surface area contributed by atoms with E-state index >= 15 is 0 Å². The summed E-state index contributed by atoms with van der Waals surface area (Å²) in [4.78, 5) is 14.3. The monoisotopic (exact) mass is 348 g/mol. The Morgan fingerprint density at radius 3 is 3.12 bits per heavy atom. The summed E-state index contributed by atoms with van der Waals surface area (Å²) in [5.74, 6) is 0.837. The van der Waals surface area contributed by atoms with Gasteiger partial charge in [0.1, 0.15) is 5.75 Å². The van der Waals surface area contributed by atoms with Gasteiger partial charge < -0.3 is 19.5 Å². The molecule has 3 rings (SSSR count). The van der Waals surface area contributed by atoms with Crippen LogP contribution in [0, 0.1) is 0 Å². The van der Waals surface area contributed by atoms with Gasteiger partial charge in [-0.3, -0.25) is 4.90 Å². The average molecular weight is 348 g/mol. The number of hydrogen-bond acceptors (Lipinski definition) is 4. The number of aryl methyl sites for hydroxylation is 1. The van der Waals surface area contributed by atoms with Crippen LogP contribution in [0.4, 0.5) is 10.5 Å². The quantitative estimate of drug-likeness (QED) is 0.770. The van der Waals surface area contributed by atoms with Gasteiger partial charge in [0, 0.05) is 32.0 Å². The fraction of sp³-hybridized carbons (Fsp3) is 0.632. The van der Waals surface area contributed by atoms with Crippen LogP contribution in [0.15, 0.2) is 18.2 Å². The number of hydrogen-bond donors (Lipinski definition) is 1. The Morgan fingerprint density at radius 1 is 1.40 bits per heavy atom. The average Bonchev–Trinajstić information content (AvgIpc) is 3.16. The van der Waals surface area contributed by atoms with E-state index in [1.54, 1.807) is 7.11 Å². The molecule has 1 atom stereocenters. The third-order valence-electron chi connectivity index (χ3n) is 4.72. The van der Waals surface area contributed by atoms with Crippen molar-refractivity contribution in [1.29, 1.82) is 0 Å². The molecule has 2 aliphatic heterocycles. The Kier molecular flexibility index (Phi) is 6.53. The van der Waals surface area contributed by atoms with Gasteiger partial charge >= 0.3 is 6.03 Å². The second kappa shape index (κ2) is 9.06. The van der Waals surface area contributed by atoms with E-state index in [9.17, 15) is 4.79 Å². The lowest BCUT2D eigenvalue weighted by molar-refractivity contribution is 0.0168. The molecule has 1 aromatic rings. The largest absolute Gasteiger partial charge is 0.497 e. The summed E-state index contributed by atoms with van der Waals surface area (Å²) >= 11 is 0. The van der Waals surface area contributed by atoms with Gasteiger partial charge in [0.15, 0.2) is 0 Å². The second-order valence-electron chi connectivity index (χ2n) is 6.55. The number of benzene rings is 1. The summed E-state index contributed by atoms with van der Waals surface area (Å²) < 4.78 is 16.4. The van der Waals surface area contributed by atoms with Gasteiger partial charge in [0.05, 0.1) is 19.8 Å². The van der Waals surface area contributed by atoms with Crippen molar-refractivity contribution in [3.63, 3.8) is 0 Å². The highest BCUT2D eigenvalue weighted by atomic mass is 16.5. The number of methoxy groups -OCH3 is 1. The highest BCUT2D eigenvalue weighted by molar-refractivity contribution is 5.93. The van der Waals surface area contributed by atoms with Gasteiger partial charge in [-0.05, 0) is 55.9 Å². The number of amides is 2. The van der Waals surface area contributed by atoms with E-state index < -0.39 is 0 Å². The maximum absolute atomic E-state index is 12.5. The lowest BCUT2D eigenvalue weighted by Gasteiger charge is -2.29. The predicted octanol–water partition coefficient (Wildman–Crippen LogP) is 2.74. The summed E-state index contributed by atoms with van der Waals surface area (Å²) in [6.07, 6.45) is 5.24. The molecule has 0 aromatic heterocycles. The molecule has 2 amide bonds. The third-order valence-corrected chi connectivity index (χ3v) is 4.72. The van der Waals surface area contributed by atoms with Gasteiger partial charge in [0.25, 0.3) is 0 Å². The Hall–Kier alpha value is -1.79. The zero-order valence-electron chi connectivity index (χ0n) is 15.0. The minimum atomic E-state index is -0.0368. The van der Waals surface area contributed by atoms with E-state index in [0.29, 0.717) is 19.8 Å². The number of carbonyl (C=O) groups excluding carboxylic acids is 1. The molecule has 2 aliphatic rings.